The van der Waals surface area contributed by atoms with Crippen molar-refractivity contribution in [2.45, 2.75) is 6.42 Å². The van der Waals surface area contributed by atoms with E-state index in [0.717, 1.165) is 5.39 Å². The Labute approximate surface area is 110 Å². The maximum Gasteiger partial charge on any atom is 0.228 e. The number of rotatable bonds is 2. The molecule has 0 bridgehead atoms. The van der Waals surface area contributed by atoms with E-state index in [4.69, 9.17) is 4.42 Å². The lowest BCUT2D eigenvalue weighted by Crippen LogP contribution is -2.24. The Morgan fingerprint density at radius 2 is 2.26 bits per heavy atom. The van der Waals surface area contributed by atoms with Gasteiger partial charge in [0.05, 0.1) is 0 Å². The topological polar surface area (TPSA) is 57.2 Å². The van der Waals surface area contributed by atoms with Gasteiger partial charge >= 0.3 is 0 Å². The zero-order valence-corrected chi connectivity index (χ0v) is 10.3. The van der Waals surface area contributed by atoms with Crippen LogP contribution in [0.3, 0.4) is 0 Å². The lowest BCUT2D eigenvalue weighted by atomic mass is 10.1. The highest BCUT2D eigenvalue weighted by Crippen LogP contribution is 2.36. The standard InChI is InChI=1S/C15H12N2O2/c1-2-10-7-14(18)17(9-10)15-11-5-3-4-6-12(11)19-13(15)8-16/h2-6,10H,1,7,9H2. The summed E-state index contributed by atoms with van der Waals surface area (Å²) in [7, 11) is 0. The first-order chi connectivity index (χ1) is 9.24. The van der Waals surface area contributed by atoms with Crippen molar-refractivity contribution in [2.75, 3.05) is 11.4 Å². The third-order valence-electron chi connectivity index (χ3n) is 3.43. The van der Waals surface area contributed by atoms with Gasteiger partial charge in [-0.2, -0.15) is 5.26 Å². The van der Waals surface area contributed by atoms with Gasteiger partial charge in [-0.25, -0.2) is 0 Å². The van der Waals surface area contributed by atoms with Crippen LogP contribution in [-0.2, 0) is 4.79 Å². The predicted molar refractivity (Wildman–Crippen MR) is 71.6 cm³/mol. The van der Waals surface area contributed by atoms with Crippen LogP contribution in [0.25, 0.3) is 11.0 Å². The van der Waals surface area contributed by atoms with Gasteiger partial charge in [-0.15, -0.1) is 6.58 Å². The minimum atomic E-state index is 0.00736. The van der Waals surface area contributed by atoms with Gasteiger partial charge in [-0.1, -0.05) is 18.2 Å². The zero-order chi connectivity index (χ0) is 13.4. The fraction of sp³-hybridized carbons (Fsp3) is 0.200. The molecule has 94 valence electrons. The van der Waals surface area contributed by atoms with Crippen LogP contribution >= 0.6 is 0 Å². The van der Waals surface area contributed by atoms with Crippen molar-refractivity contribution in [3.8, 4) is 6.07 Å². The Morgan fingerprint density at radius 3 is 2.95 bits per heavy atom. The number of amides is 1. The molecule has 0 aliphatic carbocycles. The van der Waals surface area contributed by atoms with Crippen molar-refractivity contribution in [1.82, 2.24) is 0 Å². The van der Waals surface area contributed by atoms with Crippen molar-refractivity contribution in [2.24, 2.45) is 5.92 Å². The maximum absolute atomic E-state index is 12.1. The van der Waals surface area contributed by atoms with Crippen molar-refractivity contribution < 1.29 is 9.21 Å². The van der Waals surface area contributed by atoms with Crippen LogP contribution in [-0.4, -0.2) is 12.5 Å². The second-order valence-corrected chi connectivity index (χ2v) is 4.59. The van der Waals surface area contributed by atoms with Gasteiger partial charge in [0.15, 0.2) is 0 Å². The van der Waals surface area contributed by atoms with Gasteiger partial charge in [0.2, 0.25) is 11.7 Å². The quantitative estimate of drug-likeness (QED) is 0.772. The Bertz CT molecular complexity index is 708. The number of nitrogens with zero attached hydrogens (tertiary/aromatic N) is 2. The third kappa shape index (κ3) is 1.71. The van der Waals surface area contributed by atoms with Crippen LogP contribution in [0.4, 0.5) is 5.69 Å². The van der Waals surface area contributed by atoms with Crippen LogP contribution in [0.5, 0.6) is 0 Å². The molecule has 1 aliphatic rings. The molecule has 4 heteroatoms. The molecule has 1 atom stereocenters. The minimum Gasteiger partial charge on any atom is -0.443 e. The molecule has 0 saturated carbocycles. The number of furan rings is 1. The molecule has 2 heterocycles. The summed E-state index contributed by atoms with van der Waals surface area (Å²) in [4.78, 5) is 13.7. The van der Waals surface area contributed by atoms with Gasteiger partial charge in [-0.05, 0) is 12.1 Å². The molecule has 1 unspecified atom stereocenters. The van der Waals surface area contributed by atoms with Gasteiger partial charge in [0.25, 0.3) is 0 Å². The van der Waals surface area contributed by atoms with Gasteiger partial charge in [-0.3, -0.25) is 4.79 Å². The lowest BCUT2D eigenvalue weighted by Gasteiger charge is -2.14. The largest absolute Gasteiger partial charge is 0.443 e. The molecule has 2 aromatic rings. The second-order valence-electron chi connectivity index (χ2n) is 4.59. The fourth-order valence-corrected chi connectivity index (χ4v) is 2.48. The third-order valence-corrected chi connectivity index (χ3v) is 3.43. The van der Waals surface area contributed by atoms with E-state index in [9.17, 15) is 10.1 Å². The number of nitriles is 1. The van der Waals surface area contributed by atoms with Crippen LogP contribution in [0.1, 0.15) is 12.2 Å². The summed E-state index contributed by atoms with van der Waals surface area (Å²) in [5.74, 6) is 0.333. The van der Waals surface area contributed by atoms with E-state index >= 15 is 0 Å². The molecule has 1 fully saturated rings. The number of anilines is 1. The molecule has 1 saturated heterocycles. The first kappa shape index (κ1) is 11.5. The van der Waals surface area contributed by atoms with Crippen LogP contribution in [0.2, 0.25) is 0 Å². The van der Waals surface area contributed by atoms with E-state index in [2.05, 4.69) is 6.58 Å². The zero-order valence-electron chi connectivity index (χ0n) is 10.3. The summed E-state index contributed by atoms with van der Waals surface area (Å²) in [6.07, 6.45) is 2.22. The molecule has 0 N–H and O–H groups in total. The molecule has 0 spiro atoms. The molecule has 1 aromatic carbocycles. The van der Waals surface area contributed by atoms with E-state index in [0.29, 0.717) is 24.2 Å². The summed E-state index contributed by atoms with van der Waals surface area (Å²) in [6.45, 7) is 4.29. The summed E-state index contributed by atoms with van der Waals surface area (Å²) >= 11 is 0. The molecule has 1 amide bonds. The number of fused-ring (bicyclic) bond motifs is 1. The minimum absolute atomic E-state index is 0.00736. The van der Waals surface area contributed by atoms with Crippen LogP contribution in [0.15, 0.2) is 41.3 Å². The Balaban J connectivity index is 2.17. The molecule has 0 radical (unpaired) electrons. The number of para-hydroxylation sites is 1. The van der Waals surface area contributed by atoms with Gasteiger partial charge in [0, 0.05) is 24.3 Å². The average molecular weight is 252 g/mol. The van der Waals surface area contributed by atoms with Crippen molar-refractivity contribution in [1.29, 1.82) is 5.26 Å². The molecular formula is C15H12N2O2. The molecular weight excluding hydrogens is 240 g/mol. The molecule has 3 rings (SSSR count). The number of hydrogen-bond acceptors (Lipinski definition) is 3. The number of hydrogen-bond donors (Lipinski definition) is 0. The van der Waals surface area contributed by atoms with Crippen molar-refractivity contribution in [3.63, 3.8) is 0 Å². The van der Waals surface area contributed by atoms with Crippen molar-refractivity contribution in [3.05, 3.63) is 42.7 Å². The molecule has 1 aromatic heterocycles. The number of benzene rings is 1. The highest BCUT2D eigenvalue weighted by atomic mass is 16.3. The Morgan fingerprint density at radius 1 is 1.47 bits per heavy atom. The smallest absolute Gasteiger partial charge is 0.228 e. The summed E-state index contributed by atoms with van der Waals surface area (Å²) in [5.41, 5.74) is 1.22. The monoisotopic (exact) mass is 252 g/mol. The predicted octanol–water partition coefficient (Wildman–Crippen LogP) is 2.84. The normalized spacial score (nSPS) is 18.8. The highest BCUT2D eigenvalue weighted by molar-refractivity contribution is 6.05. The molecule has 1 aliphatic heterocycles. The van der Waals surface area contributed by atoms with Crippen molar-refractivity contribution >= 4 is 22.6 Å². The van der Waals surface area contributed by atoms with E-state index in [-0.39, 0.29) is 17.6 Å². The lowest BCUT2D eigenvalue weighted by molar-refractivity contribution is -0.117. The Hall–Kier alpha value is -2.54. The average Bonchev–Trinajstić information content (AvgIpc) is 2.98. The van der Waals surface area contributed by atoms with E-state index in [1.165, 1.54) is 0 Å². The SMILES string of the molecule is C=CC1CC(=O)N(c2c(C#N)oc3ccccc23)C1. The van der Waals surface area contributed by atoms with Crippen LogP contribution < -0.4 is 4.90 Å². The fourth-order valence-electron chi connectivity index (χ4n) is 2.48. The summed E-state index contributed by atoms with van der Waals surface area (Å²) in [6, 6.07) is 9.40. The Kier molecular flexibility index (Phi) is 2.60. The number of carbonyl (C=O) groups is 1. The van der Waals surface area contributed by atoms with E-state index in [1.54, 1.807) is 17.0 Å². The molecule has 4 nitrogen and oxygen atoms in total. The first-order valence-electron chi connectivity index (χ1n) is 6.09. The van der Waals surface area contributed by atoms with Crippen LogP contribution in [0, 0.1) is 17.2 Å². The van der Waals surface area contributed by atoms with E-state index < -0.39 is 0 Å². The molecule has 19 heavy (non-hydrogen) atoms. The second kappa shape index (κ2) is 4.29. The van der Waals surface area contributed by atoms with E-state index in [1.807, 2.05) is 24.3 Å². The number of carbonyl (C=O) groups excluding carboxylic acids is 1. The first-order valence-corrected chi connectivity index (χ1v) is 6.09. The summed E-state index contributed by atoms with van der Waals surface area (Å²) < 4.78 is 5.50. The summed E-state index contributed by atoms with van der Waals surface area (Å²) in [5, 5.41) is 9.99. The van der Waals surface area contributed by atoms with Gasteiger partial charge in [0.1, 0.15) is 17.3 Å². The maximum atomic E-state index is 12.1. The van der Waals surface area contributed by atoms with Gasteiger partial charge < -0.3 is 9.32 Å². The highest BCUT2D eigenvalue weighted by Gasteiger charge is 2.33.